The number of imidazole rings is 1. The molecule has 0 aliphatic heterocycles. The number of halogens is 2. The van der Waals surface area contributed by atoms with E-state index in [0.29, 0.717) is 34.5 Å². The third kappa shape index (κ3) is 8.99. The molecule has 3 rings (SSSR count). The zero-order valence-electron chi connectivity index (χ0n) is 20.7. The lowest BCUT2D eigenvalue weighted by Crippen LogP contribution is -2.32. The number of rotatable bonds is 10. The first-order chi connectivity index (χ1) is 17.2. The summed E-state index contributed by atoms with van der Waals surface area (Å²) in [5.41, 5.74) is 2.03. The fourth-order valence-electron chi connectivity index (χ4n) is 3.64. The van der Waals surface area contributed by atoms with Crippen molar-refractivity contribution in [3.05, 3.63) is 76.6 Å². The highest BCUT2D eigenvalue weighted by Crippen LogP contribution is 2.24. The number of carboxylic acid groups (broad SMARTS) is 1. The molecule has 1 aromatic heterocycles. The highest BCUT2D eigenvalue weighted by molar-refractivity contribution is 7.80. The van der Waals surface area contributed by atoms with Crippen LogP contribution in [0.15, 0.2) is 48.5 Å². The van der Waals surface area contributed by atoms with Crippen molar-refractivity contribution in [3.8, 4) is 11.1 Å². The van der Waals surface area contributed by atoms with E-state index in [9.17, 15) is 14.0 Å². The summed E-state index contributed by atoms with van der Waals surface area (Å²) in [5, 5.41) is 12.4. The molecule has 3 aromatic rings. The number of carbonyl (C=O) groups excluding carboxylic acids is 1. The third-order valence-electron chi connectivity index (χ3n) is 5.34. The molecule has 0 aliphatic rings. The molecule has 6 nitrogen and oxygen atoms in total. The first kappa shape index (κ1) is 29.4. The topological polar surface area (TPSA) is 95.1 Å². The van der Waals surface area contributed by atoms with Gasteiger partial charge in [0.05, 0.1) is 17.8 Å². The summed E-state index contributed by atoms with van der Waals surface area (Å²) in [6.45, 7) is 6.68. The SMILES string of the molecule is CCCc1nc(Cl)c(CNC(=O)[C@@H](CS)CC(C)C)[nH]1.O=C(O)c1ccccc1-c1cccc(F)c1. The van der Waals surface area contributed by atoms with Crippen molar-refractivity contribution in [2.45, 2.75) is 46.6 Å². The van der Waals surface area contributed by atoms with Gasteiger partial charge in [-0.25, -0.2) is 14.2 Å². The second kappa shape index (κ2) is 14.7. The van der Waals surface area contributed by atoms with Gasteiger partial charge in [0.15, 0.2) is 5.15 Å². The average Bonchev–Trinajstić information content (AvgIpc) is 3.20. The molecule has 0 unspecified atom stereocenters. The molecule has 36 heavy (non-hydrogen) atoms. The Morgan fingerprint density at radius 1 is 1.19 bits per heavy atom. The van der Waals surface area contributed by atoms with Gasteiger partial charge >= 0.3 is 5.97 Å². The van der Waals surface area contributed by atoms with Gasteiger partial charge in [0.1, 0.15) is 11.6 Å². The Hall–Kier alpha value is -2.84. The van der Waals surface area contributed by atoms with Crippen molar-refractivity contribution in [3.63, 3.8) is 0 Å². The van der Waals surface area contributed by atoms with Crippen LogP contribution in [0, 0.1) is 17.7 Å². The quantitative estimate of drug-likeness (QED) is 0.226. The summed E-state index contributed by atoms with van der Waals surface area (Å²) in [5.74, 6) is 0.477. The van der Waals surface area contributed by atoms with Crippen LogP contribution in [0.5, 0.6) is 0 Å². The fraction of sp³-hybridized carbons (Fsp3) is 0.370. The number of carboxylic acids is 1. The molecule has 1 amide bonds. The molecule has 0 bridgehead atoms. The molecule has 0 fully saturated rings. The molecule has 0 spiro atoms. The minimum Gasteiger partial charge on any atom is -0.478 e. The number of nitrogens with zero attached hydrogens (tertiary/aromatic N) is 1. The van der Waals surface area contributed by atoms with Crippen LogP contribution >= 0.6 is 24.2 Å². The molecule has 0 saturated carbocycles. The lowest BCUT2D eigenvalue weighted by Gasteiger charge is -2.16. The number of hydrogen-bond acceptors (Lipinski definition) is 4. The van der Waals surface area contributed by atoms with Crippen molar-refractivity contribution in [1.82, 2.24) is 15.3 Å². The van der Waals surface area contributed by atoms with Gasteiger partial charge in [0.25, 0.3) is 0 Å². The normalized spacial score (nSPS) is 11.5. The van der Waals surface area contributed by atoms with Crippen LogP contribution in [0.2, 0.25) is 5.15 Å². The van der Waals surface area contributed by atoms with E-state index >= 15 is 0 Å². The maximum absolute atomic E-state index is 13.0. The largest absolute Gasteiger partial charge is 0.478 e. The van der Waals surface area contributed by atoms with E-state index in [0.717, 1.165) is 30.8 Å². The lowest BCUT2D eigenvalue weighted by molar-refractivity contribution is -0.124. The molecular weight excluding hydrogens is 501 g/mol. The van der Waals surface area contributed by atoms with Crippen LogP contribution in [-0.4, -0.2) is 32.7 Å². The second-order valence-electron chi connectivity index (χ2n) is 8.79. The van der Waals surface area contributed by atoms with E-state index in [-0.39, 0.29) is 23.2 Å². The number of H-pyrrole nitrogens is 1. The number of benzene rings is 2. The zero-order chi connectivity index (χ0) is 26.7. The van der Waals surface area contributed by atoms with Crippen LogP contribution in [0.1, 0.15) is 55.5 Å². The summed E-state index contributed by atoms with van der Waals surface area (Å²) < 4.78 is 13.0. The van der Waals surface area contributed by atoms with Gasteiger partial charge in [0.2, 0.25) is 5.91 Å². The third-order valence-corrected chi connectivity index (χ3v) is 6.10. The molecule has 0 saturated heterocycles. The highest BCUT2D eigenvalue weighted by atomic mass is 35.5. The predicted octanol–water partition coefficient (Wildman–Crippen LogP) is 6.41. The smallest absolute Gasteiger partial charge is 0.336 e. The van der Waals surface area contributed by atoms with Crippen LogP contribution in [0.3, 0.4) is 0 Å². The van der Waals surface area contributed by atoms with Gasteiger partial charge in [-0.15, -0.1) is 0 Å². The summed E-state index contributed by atoms with van der Waals surface area (Å²) in [6.07, 6.45) is 2.71. The highest BCUT2D eigenvalue weighted by Gasteiger charge is 2.19. The number of aromatic carboxylic acids is 1. The molecule has 1 atom stereocenters. The van der Waals surface area contributed by atoms with E-state index in [1.807, 2.05) is 0 Å². The number of nitrogens with one attached hydrogen (secondary N) is 2. The molecule has 2 aromatic carbocycles. The average molecular weight is 534 g/mol. The van der Waals surface area contributed by atoms with Gasteiger partial charge in [-0.1, -0.05) is 62.7 Å². The van der Waals surface area contributed by atoms with E-state index in [2.05, 4.69) is 48.7 Å². The van der Waals surface area contributed by atoms with Gasteiger partial charge in [0, 0.05) is 18.1 Å². The van der Waals surface area contributed by atoms with Crippen LogP contribution in [0.4, 0.5) is 4.39 Å². The molecule has 194 valence electrons. The Kier molecular flexibility index (Phi) is 12.0. The van der Waals surface area contributed by atoms with Crippen molar-refractivity contribution in [2.75, 3.05) is 5.75 Å². The molecule has 0 radical (unpaired) electrons. The zero-order valence-corrected chi connectivity index (χ0v) is 22.4. The summed E-state index contributed by atoms with van der Waals surface area (Å²) in [7, 11) is 0. The first-order valence-corrected chi connectivity index (χ1v) is 12.9. The van der Waals surface area contributed by atoms with E-state index in [1.165, 1.54) is 18.2 Å². The van der Waals surface area contributed by atoms with Gasteiger partial charge in [-0.05, 0) is 48.1 Å². The summed E-state index contributed by atoms with van der Waals surface area (Å²) >= 11 is 10.3. The number of hydrogen-bond donors (Lipinski definition) is 4. The number of aryl methyl sites for hydroxylation is 1. The Balaban J connectivity index is 0.000000259. The summed E-state index contributed by atoms with van der Waals surface area (Å²) in [6, 6.07) is 12.4. The number of thiol groups is 1. The molecule has 0 aliphatic carbocycles. The van der Waals surface area contributed by atoms with Crippen molar-refractivity contribution < 1.29 is 19.1 Å². The number of carbonyl (C=O) groups is 2. The van der Waals surface area contributed by atoms with E-state index in [1.54, 1.807) is 30.3 Å². The molecular formula is C27H33ClFN3O3S. The Bertz CT molecular complexity index is 1150. The van der Waals surface area contributed by atoms with E-state index in [4.69, 9.17) is 16.7 Å². The van der Waals surface area contributed by atoms with Gasteiger partial charge < -0.3 is 15.4 Å². The second-order valence-corrected chi connectivity index (χ2v) is 9.51. The van der Waals surface area contributed by atoms with Crippen LogP contribution in [-0.2, 0) is 17.8 Å². The monoisotopic (exact) mass is 533 g/mol. The molecule has 1 heterocycles. The van der Waals surface area contributed by atoms with Crippen molar-refractivity contribution >= 4 is 36.1 Å². The number of aromatic amines is 1. The number of aromatic nitrogens is 2. The Morgan fingerprint density at radius 2 is 1.92 bits per heavy atom. The van der Waals surface area contributed by atoms with Crippen LogP contribution in [0.25, 0.3) is 11.1 Å². The summed E-state index contributed by atoms with van der Waals surface area (Å²) in [4.78, 5) is 30.5. The molecule has 3 N–H and O–H groups in total. The Morgan fingerprint density at radius 3 is 2.53 bits per heavy atom. The fourth-order valence-corrected chi connectivity index (χ4v) is 4.17. The minimum atomic E-state index is -1.01. The van der Waals surface area contributed by atoms with Crippen LogP contribution < -0.4 is 5.32 Å². The molecule has 9 heteroatoms. The van der Waals surface area contributed by atoms with Gasteiger partial charge in [-0.2, -0.15) is 12.6 Å². The van der Waals surface area contributed by atoms with Crippen molar-refractivity contribution in [1.29, 1.82) is 0 Å². The maximum atomic E-state index is 13.0. The van der Waals surface area contributed by atoms with Gasteiger partial charge in [-0.3, -0.25) is 4.79 Å². The minimum absolute atomic E-state index is 0.0245. The number of amides is 1. The van der Waals surface area contributed by atoms with E-state index < -0.39 is 5.97 Å². The standard InChI is InChI=1S/C14H24ClN3OS.C13H9FO2/c1-4-5-12-17-11(13(15)18-12)7-16-14(19)10(8-20)6-9(2)3;14-10-5-3-4-9(8-10)11-6-1-2-7-12(11)13(15)16/h9-10,20H,4-8H2,1-3H3,(H,16,19)(H,17,18);1-8H,(H,15,16)/t10-;/m1./s1. The lowest BCUT2D eigenvalue weighted by atomic mass is 9.98. The predicted molar refractivity (Wildman–Crippen MR) is 145 cm³/mol. The Labute approximate surface area is 222 Å². The van der Waals surface area contributed by atoms with Crippen molar-refractivity contribution in [2.24, 2.45) is 11.8 Å². The first-order valence-electron chi connectivity index (χ1n) is 11.9. The maximum Gasteiger partial charge on any atom is 0.336 e.